The molecule has 0 radical (unpaired) electrons. The summed E-state index contributed by atoms with van der Waals surface area (Å²) in [6.07, 6.45) is 0.142. The number of hydrogen-bond acceptors (Lipinski definition) is 5. The number of amides is 2. The summed E-state index contributed by atoms with van der Waals surface area (Å²) in [6, 6.07) is 14.4. The number of rotatable bonds is 6. The molecule has 0 aliphatic carbocycles. The van der Waals surface area contributed by atoms with Crippen LogP contribution in [0.25, 0.3) is 0 Å². The Balaban J connectivity index is 1.56. The number of methoxy groups -OCH3 is 1. The lowest BCUT2D eigenvalue weighted by molar-refractivity contribution is -0.115. The van der Waals surface area contributed by atoms with E-state index in [1.165, 1.54) is 11.3 Å². The van der Waals surface area contributed by atoms with Crippen LogP contribution in [0.2, 0.25) is 0 Å². The zero-order valence-electron chi connectivity index (χ0n) is 15.0. The number of nitrogens with zero attached hydrogens (tertiary/aromatic N) is 1. The fraction of sp³-hybridized carbons (Fsp3) is 0.150. The fourth-order valence-corrected chi connectivity index (χ4v) is 3.07. The van der Waals surface area contributed by atoms with Crippen LogP contribution in [0.1, 0.15) is 21.6 Å². The predicted octanol–water partition coefficient (Wildman–Crippen LogP) is 3.89. The molecule has 0 aliphatic rings. The van der Waals surface area contributed by atoms with E-state index in [4.69, 9.17) is 4.74 Å². The lowest BCUT2D eigenvalue weighted by atomic mass is 10.2. The van der Waals surface area contributed by atoms with E-state index in [9.17, 15) is 9.59 Å². The van der Waals surface area contributed by atoms with Crippen molar-refractivity contribution in [3.8, 4) is 5.75 Å². The van der Waals surface area contributed by atoms with E-state index < -0.39 is 0 Å². The Hall–Kier alpha value is -3.19. The molecule has 27 heavy (non-hydrogen) atoms. The molecule has 2 aromatic carbocycles. The Bertz CT molecular complexity index is 934. The van der Waals surface area contributed by atoms with Crippen LogP contribution in [0.4, 0.5) is 10.8 Å². The minimum absolute atomic E-state index is 0.142. The minimum Gasteiger partial charge on any atom is -0.497 e. The molecule has 0 saturated carbocycles. The number of carbonyl (C=O) groups is 2. The number of hydrogen-bond donors (Lipinski definition) is 2. The van der Waals surface area contributed by atoms with E-state index >= 15 is 0 Å². The van der Waals surface area contributed by atoms with Crippen molar-refractivity contribution in [2.24, 2.45) is 0 Å². The van der Waals surface area contributed by atoms with E-state index in [1.807, 2.05) is 31.2 Å². The van der Waals surface area contributed by atoms with Crippen LogP contribution in [0.15, 0.2) is 53.9 Å². The first-order valence-electron chi connectivity index (χ1n) is 8.30. The topological polar surface area (TPSA) is 80.3 Å². The van der Waals surface area contributed by atoms with Crippen molar-refractivity contribution >= 4 is 34.0 Å². The van der Waals surface area contributed by atoms with Crippen LogP contribution in [0.5, 0.6) is 5.75 Å². The number of ether oxygens (including phenoxy) is 1. The Morgan fingerprint density at radius 3 is 2.41 bits per heavy atom. The molecule has 7 heteroatoms. The van der Waals surface area contributed by atoms with Gasteiger partial charge in [-0.25, -0.2) is 4.98 Å². The van der Waals surface area contributed by atoms with Crippen LogP contribution in [-0.4, -0.2) is 23.9 Å². The van der Waals surface area contributed by atoms with Crippen LogP contribution >= 0.6 is 11.3 Å². The molecule has 1 heterocycles. The Morgan fingerprint density at radius 1 is 1.04 bits per heavy atom. The fourth-order valence-electron chi connectivity index (χ4n) is 2.36. The van der Waals surface area contributed by atoms with Gasteiger partial charge < -0.3 is 10.1 Å². The second-order valence-electron chi connectivity index (χ2n) is 5.92. The SMILES string of the molecule is COc1ccc(C(=O)Nc2nc(CC(=O)Nc3ccc(C)cc3)cs2)cc1. The normalized spacial score (nSPS) is 10.3. The predicted molar refractivity (Wildman–Crippen MR) is 107 cm³/mol. The molecule has 0 atom stereocenters. The molecule has 6 nitrogen and oxygen atoms in total. The maximum Gasteiger partial charge on any atom is 0.257 e. The molecular weight excluding hydrogens is 362 g/mol. The van der Waals surface area contributed by atoms with Crippen molar-refractivity contribution in [3.63, 3.8) is 0 Å². The van der Waals surface area contributed by atoms with Gasteiger partial charge in [-0.3, -0.25) is 14.9 Å². The van der Waals surface area contributed by atoms with E-state index in [-0.39, 0.29) is 18.2 Å². The lowest BCUT2D eigenvalue weighted by Crippen LogP contribution is -2.15. The smallest absolute Gasteiger partial charge is 0.257 e. The molecule has 0 aliphatic heterocycles. The van der Waals surface area contributed by atoms with Crippen LogP contribution in [0, 0.1) is 6.92 Å². The summed E-state index contributed by atoms with van der Waals surface area (Å²) in [7, 11) is 1.57. The van der Waals surface area contributed by atoms with Crippen molar-refractivity contribution in [3.05, 3.63) is 70.7 Å². The third-order valence-corrected chi connectivity index (χ3v) is 4.61. The standard InChI is InChI=1S/C20H19N3O3S/c1-13-3-7-15(8-4-13)21-18(24)11-16-12-27-20(22-16)23-19(25)14-5-9-17(26-2)10-6-14/h3-10,12H,11H2,1-2H3,(H,21,24)(H,22,23,25). The largest absolute Gasteiger partial charge is 0.497 e. The molecule has 2 amide bonds. The van der Waals surface area contributed by atoms with Gasteiger partial charge in [-0.2, -0.15) is 0 Å². The highest BCUT2D eigenvalue weighted by Gasteiger charge is 2.11. The van der Waals surface area contributed by atoms with E-state index in [0.29, 0.717) is 22.1 Å². The number of carbonyl (C=O) groups excluding carboxylic acids is 2. The summed E-state index contributed by atoms with van der Waals surface area (Å²) in [5.74, 6) is 0.266. The number of aromatic nitrogens is 1. The van der Waals surface area contributed by atoms with Crippen molar-refractivity contribution in [1.29, 1.82) is 0 Å². The summed E-state index contributed by atoms with van der Waals surface area (Å²) >= 11 is 1.28. The van der Waals surface area contributed by atoms with Gasteiger partial charge in [0.15, 0.2) is 5.13 Å². The first-order valence-corrected chi connectivity index (χ1v) is 9.18. The van der Waals surface area contributed by atoms with Gasteiger partial charge in [0.05, 0.1) is 19.2 Å². The third-order valence-electron chi connectivity index (χ3n) is 3.80. The van der Waals surface area contributed by atoms with Gasteiger partial charge in [0, 0.05) is 16.6 Å². The molecule has 0 spiro atoms. The summed E-state index contributed by atoms with van der Waals surface area (Å²) in [4.78, 5) is 28.7. The zero-order valence-corrected chi connectivity index (χ0v) is 15.8. The van der Waals surface area contributed by atoms with Crippen LogP contribution in [0.3, 0.4) is 0 Å². The van der Waals surface area contributed by atoms with Crippen molar-refractivity contribution < 1.29 is 14.3 Å². The number of benzene rings is 2. The second kappa shape index (κ2) is 8.46. The molecule has 3 rings (SSSR count). The highest BCUT2D eigenvalue weighted by Crippen LogP contribution is 2.18. The van der Waals surface area contributed by atoms with Gasteiger partial charge in [0.1, 0.15) is 5.75 Å². The van der Waals surface area contributed by atoms with Gasteiger partial charge in [-0.05, 0) is 43.3 Å². The van der Waals surface area contributed by atoms with Crippen molar-refractivity contribution in [2.75, 3.05) is 17.7 Å². The number of nitrogens with one attached hydrogen (secondary N) is 2. The number of anilines is 2. The van der Waals surface area contributed by atoms with Crippen molar-refractivity contribution in [1.82, 2.24) is 4.98 Å². The molecule has 0 bridgehead atoms. The number of aryl methyl sites for hydroxylation is 1. The third kappa shape index (κ3) is 5.15. The lowest BCUT2D eigenvalue weighted by Gasteiger charge is -2.04. The van der Waals surface area contributed by atoms with Crippen LogP contribution < -0.4 is 15.4 Å². The van der Waals surface area contributed by atoms with Gasteiger partial charge >= 0.3 is 0 Å². The van der Waals surface area contributed by atoms with Gasteiger partial charge in [0.25, 0.3) is 5.91 Å². The van der Waals surface area contributed by atoms with Gasteiger partial charge in [0.2, 0.25) is 5.91 Å². The van der Waals surface area contributed by atoms with E-state index in [0.717, 1.165) is 11.3 Å². The maximum absolute atomic E-state index is 12.2. The molecule has 0 saturated heterocycles. The average molecular weight is 381 g/mol. The molecule has 0 unspecified atom stereocenters. The van der Waals surface area contributed by atoms with Crippen LogP contribution in [-0.2, 0) is 11.2 Å². The zero-order chi connectivity index (χ0) is 19.2. The molecule has 0 fully saturated rings. The quantitative estimate of drug-likeness (QED) is 0.679. The molecule has 3 aromatic rings. The first kappa shape index (κ1) is 18.6. The highest BCUT2D eigenvalue weighted by atomic mass is 32.1. The highest BCUT2D eigenvalue weighted by molar-refractivity contribution is 7.14. The maximum atomic E-state index is 12.2. The average Bonchev–Trinajstić information content (AvgIpc) is 3.10. The molecular formula is C20H19N3O3S. The van der Waals surface area contributed by atoms with E-state index in [1.54, 1.807) is 36.8 Å². The van der Waals surface area contributed by atoms with Gasteiger partial charge in [-0.15, -0.1) is 11.3 Å². The summed E-state index contributed by atoms with van der Waals surface area (Å²) in [5, 5.41) is 7.79. The molecule has 2 N–H and O–H groups in total. The first-order chi connectivity index (χ1) is 13.0. The van der Waals surface area contributed by atoms with Crippen molar-refractivity contribution in [2.45, 2.75) is 13.3 Å². The Kier molecular flexibility index (Phi) is 5.83. The van der Waals surface area contributed by atoms with Gasteiger partial charge in [-0.1, -0.05) is 17.7 Å². The monoisotopic (exact) mass is 381 g/mol. The summed E-state index contributed by atoms with van der Waals surface area (Å²) < 4.78 is 5.08. The summed E-state index contributed by atoms with van der Waals surface area (Å²) in [6.45, 7) is 1.99. The number of thiazole rings is 1. The second-order valence-corrected chi connectivity index (χ2v) is 6.78. The summed E-state index contributed by atoms with van der Waals surface area (Å²) in [5.41, 5.74) is 2.98. The molecule has 138 valence electrons. The van der Waals surface area contributed by atoms with E-state index in [2.05, 4.69) is 15.6 Å². The Morgan fingerprint density at radius 2 is 1.74 bits per heavy atom. The Labute approximate surface area is 161 Å². The minimum atomic E-state index is -0.261. The molecule has 1 aromatic heterocycles.